The zero-order valence-corrected chi connectivity index (χ0v) is 14.5. The number of amides is 1. The molecule has 0 atom stereocenters. The molecule has 3 rings (SSSR count). The molecule has 0 spiro atoms. The van der Waals surface area contributed by atoms with Crippen molar-refractivity contribution >= 4 is 11.9 Å². The molecule has 2 N–H and O–H groups in total. The number of nitrogens with two attached hydrogens (primary N) is 1. The molecule has 24 heavy (non-hydrogen) atoms. The van der Waals surface area contributed by atoms with Crippen LogP contribution in [0.1, 0.15) is 52.8 Å². The number of aromatic nitrogens is 4. The average Bonchev–Trinajstić information content (AvgIpc) is 2.93. The van der Waals surface area contributed by atoms with E-state index < -0.39 is 0 Å². The highest BCUT2D eigenvalue weighted by molar-refractivity contribution is 5.94. The number of nitrogen functional groups attached to an aromatic ring is 1. The fourth-order valence-electron chi connectivity index (χ4n) is 3.17. The zero-order chi connectivity index (χ0) is 17.3. The SMILES string of the molecule is CCn1cc(CN(C)C(=O)c2nc(N)nc3c2CCCC3)c(C)n1. The summed E-state index contributed by atoms with van der Waals surface area (Å²) in [6, 6.07) is 0. The molecule has 0 fully saturated rings. The minimum absolute atomic E-state index is 0.106. The van der Waals surface area contributed by atoms with Gasteiger partial charge in [0.1, 0.15) is 5.69 Å². The van der Waals surface area contributed by atoms with Crippen molar-refractivity contribution in [2.75, 3.05) is 12.8 Å². The van der Waals surface area contributed by atoms with Crippen molar-refractivity contribution in [1.82, 2.24) is 24.6 Å². The molecule has 0 unspecified atom stereocenters. The number of anilines is 1. The predicted molar refractivity (Wildman–Crippen MR) is 91.5 cm³/mol. The van der Waals surface area contributed by atoms with Gasteiger partial charge in [-0.25, -0.2) is 9.97 Å². The number of carbonyl (C=O) groups excluding carboxylic acids is 1. The van der Waals surface area contributed by atoms with E-state index in [4.69, 9.17) is 5.73 Å². The molecule has 0 saturated carbocycles. The van der Waals surface area contributed by atoms with Gasteiger partial charge in [0.15, 0.2) is 0 Å². The standard InChI is InChI=1S/C17H24N6O/c1-4-23-10-12(11(2)21-23)9-22(3)16(24)15-13-7-5-6-8-14(13)19-17(18)20-15/h10H,4-9H2,1-3H3,(H2,18,19,20). The Morgan fingerprint density at radius 1 is 1.33 bits per heavy atom. The Balaban J connectivity index is 1.85. The number of nitrogens with zero attached hydrogens (tertiary/aromatic N) is 5. The molecule has 128 valence electrons. The van der Waals surface area contributed by atoms with E-state index in [9.17, 15) is 4.79 Å². The zero-order valence-electron chi connectivity index (χ0n) is 14.5. The van der Waals surface area contributed by atoms with Crippen LogP contribution in [0.4, 0.5) is 5.95 Å². The van der Waals surface area contributed by atoms with Gasteiger partial charge < -0.3 is 10.6 Å². The molecular weight excluding hydrogens is 304 g/mol. The summed E-state index contributed by atoms with van der Waals surface area (Å²) in [4.78, 5) is 23.2. The van der Waals surface area contributed by atoms with E-state index in [2.05, 4.69) is 15.1 Å². The highest BCUT2D eigenvalue weighted by Crippen LogP contribution is 2.24. The molecular formula is C17H24N6O. The van der Waals surface area contributed by atoms with Crippen molar-refractivity contribution in [3.05, 3.63) is 34.4 Å². The number of hydrogen-bond donors (Lipinski definition) is 1. The lowest BCUT2D eigenvalue weighted by Gasteiger charge is -2.21. The second-order valence-corrected chi connectivity index (χ2v) is 6.32. The van der Waals surface area contributed by atoms with Crippen molar-refractivity contribution in [3.8, 4) is 0 Å². The van der Waals surface area contributed by atoms with Gasteiger partial charge in [0.05, 0.1) is 5.69 Å². The molecule has 2 aromatic rings. The van der Waals surface area contributed by atoms with Gasteiger partial charge in [-0.15, -0.1) is 0 Å². The van der Waals surface area contributed by atoms with E-state index in [1.54, 1.807) is 11.9 Å². The van der Waals surface area contributed by atoms with E-state index in [-0.39, 0.29) is 11.9 Å². The van der Waals surface area contributed by atoms with Gasteiger partial charge in [-0.05, 0) is 39.5 Å². The highest BCUT2D eigenvalue weighted by atomic mass is 16.2. The lowest BCUT2D eigenvalue weighted by Crippen LogP contribution is -2.30. The van der Waals surface area contributed by atoms with Crippen LogP contribution >= 0.6 is 0 Å². The summed E-state index contributed by atoms with van der Waals surface area (Å²) in [6.07, 6.45) is 5.85. The lowest BCUT2D eigenvalue weighted by atomic mass is 9.94. The van der Waals surface area contributed by atoms with Crippen molar-refractivity contribution in [1.29, 1.82) is 0 Å². The smallest absolute Gasteiger partial charge is 0.272 e. The quantitative estimate of drug-likeness (QED) is 0.923. The molecule has 0 aromatic carbocycles. The molecule has 2 aromatic heterocycles. The second kappa shape index (κ2) is 6.59. The number of hydrogen-bond acceptors (Lipinski definition) is 5. The van der Waals surface area contributed by atoms with Gasteiger partial charge in [0.2, 0.25) is 5.95 Å². The molecule has 7 nitrogen and oxygen atoms in total. The third-order valence-electron chi connectivity index (χ3n) is 4.53. The minimum atomic E-state index is -0.106. The van der Waals surface area contributed by atoms with Crippen LogP contribution < -0.4 is 5.73 Å². The molecule has 0 saturated heterocycles. The number of carbonyl (C=O) groups is 1. The van der Waals surface area contributed by atoms with Crippen LogP contribution in [-0.2, 0) is 25.9 Å². The highest BCUT2D eigenvalue weighted by Gasteiger charge is 2.24. The maximum Gasteiger partial charge on any atom is 0.272 e. The second-order valence-electron chi connectivity index (χ2n) is 6.32. The van der Waals surface area contributed by atoms with Crippen molar-refractivity contribution in [2.45, 2.75) is 52.6 Å². The largest absolute Gasteiger partial charge is 0.368 e. The fraction of sp³-hybridized carbons (Fsp3) is 0.529. The average molecular weight is 328 g/mol. The summed E-state index contributed by atoms with van der Waals surface area (Å²) in [5, 5.41) is 4.43. The summed E-state index contributed by atoms with van der Waals surface area (Å²) in [5.41, 5.74) is 10.2. The monoisotopic (exact) mass is 328 g/mol. The Bertz CT molecular complexity index is 767. The predicted octanol–water partition coefficient (Wildman–Crippen LogP) is 1.73. The summed E-state index contributed by atoms with van der Waals surface area (Å²) in [5.74, 6) is 0.0771. The number of rotatable bonds is 4. The van der Waals surface area contributed by atoms with E-state index in [0.29, 0.717) is 12.2 Å². The first-order chi connectivity index (χ1) is 11.5. The van der Waals surface area contributed by atoms with Gasteiger partial charge in [0, 0.05) is 43.2 Å². The first-order valence-electron chi connectivity index (χ1n) is 8.43. The van der Waals surface area contributed by atoms with Gasteiger partial charge in [-0.3, -0.25) is 9.48 Å². The Labute approximate surface area is 141 Å². The third kappa shape index (κ3) is 3.11. The molecule has 2 heterocycles. The Morgan fingerprint density at radius 2 is 2.08 bits per heavy atom. The van der Waals surface area contributed by atoms with Crippen LogP contribution in [0, 0.1) is 6.92 Å². The number of fused-ring (bicyclic) bond motifs is 1. The van der Waals surface area contributed by atoms with Crippen molar-refractivity contribution in [2.24, 2.45) is 0 Å². The van der Waals surface area contributed by atoms with Crippen molar-refractivity contribution in [3.63, 3.8) is 0 Å². The minimum Gasteiger partial charge on any atom is -0.368 e. The maximum atomic E-state index is 12.9. The Kier molecular flexibility index (Phi) is 4.51. The lowest BCUT2D eigenvalue weighted by molar-refractivity contribution is 0.0777. The van der Waals surface area contributed by atoms with Crippen LogP contribution in [0.5, 0.6) is 0 Å². The van der Waals surface area contributed by atoms with Crippen molar-refractivity contribution < 1.29 is 4.79 Å². The summed E-state index contributed by atoms with van der Waals surface area (Å²) < 4.78 is 1.88. The van der Waals surface area contributed by atoms with Gasteiger partial charge in [0.25, 0.3) is 5.91 Å². The summed E-state index contributed by atoms with van der Waals surface area (Å²) in [6.45, 7) is 5.32. The first kappa shape index (κ1) is 16.4. The van der Waals surface area contributed by atoms with Gasteiger partial charge in [-0.1, -0.05) is 0 Å². The van der Waals surface area contributed by atoms with Crippen LogP contribution in [0.15, 0.2) is 6.20 Å². The van der Waals surface area contributed by atoms with Crippen LogP contribution in [0.25, 0.3) is 0 Å². The molecule has 1 aliphatic carbocycles. The van der Waals surface area contributed by atoms with E-state index in [1.807, 2.05) is 24.7 Å². The Morgan fingerprint density at radius 3 is 2.79 bits per heavy atom. The first-order valence-corrected chi connectivity index (χ1v) is 8.43. The van der Waals surface area contributed by atoms with Gasteiger partial charge >= 0.3 is 0 Å². The van der Waals surface area contributed by atoms with E-state index in [0.717, 1.165) is 54.7 Å². The Hall–Kier alpha value is -2.44. The maximum absolute atomic E-state index is 12.9. The molecule has 1 amide bonds. The summed E-state index contributed by atoms with van der Waals surface area (Å²) >= 11 is 0. The van der Waals surface area contributed by atoms with Crippen LogP contribution in [0.2, 0.25) is 0 Å². The number of aryl methyl sites for hydroxylation is 3. The van der Waals surface area contributed by atoms with E-state index >= 15 is 0 Å². The van der Waals surface area contributed by atoms with E-state index in [1.165, 1.54) is 0 Å². The normalized spacial score (nSPS) is 13.6. The molecule has 0 bridgehead atoms. The van der Waals surface area contributed by atoms with Crippen LogP contribution in [-0.4, -0.2) is 37.6 Å². The van der Waals surface area contributed by atoms with Gasteiger partial charge in [-0.2, -0.15) is 5.10 Å². The molecule has 7 heteroatoms. The molecule has 0 aliphatic heterocycles. The molecule has 1 aliphatic rings. The molecule has 0 radical (unpaired) electrons. The third-order valence-corrected chi connectivity index (χ3v) is 4.53. The fourth-order valence-corrected chi connectivity index (χ4v) is 3.17. The topological polar surface area (TPSA) is 89.9 Å². The summed E-state index contributed by atoms with van der Waals surface area (Å²) in [7, 11) is 1.79. The van der Waals surface area contributed by atoms with Crippen LogP contribution in [0.3, 0.4) is 0 Å².